The number of carbonyl (C=O) groups excluding carboxylic acids is 2. The van der Waals surface area contributed by atoms with Crippen LogP contribution in [0.1, 0.15) is 54.0 Å². The molecule has 2 aromatic rings. The molecule has 28 heavy (non-hydrogen) atoms. The first-order valence-corrected chi connectivity index (χ1v) is 10.1. The van der Waals surface area contributed by atoms with E-state index >= 15 is 0 Å². The number of rotatable bonds is 5. The summed E-state index contributed by atoms with van der Waals surface area (Å²) in [6.07, 6.45) is 2.28. The molecule has 0 unspecified atom stereocenters. The largest absolute Gasteiger partial charge is 0.466 e. The van der Waals surface area contributed by atoms with Gasteiger partial charge in [0.1, 0.15) is 0 Å². The van der Waals surface area contributed by atoms with Crippen molar-refractivity contribution in [3.63, 3.8) is 0 Å². The number of aromatic nitrogens is 2. The third-order valence-electron chi connectivity index (χ3n) is 5.56. The van der Waals surface area contributed by atoms with Gasteiger partial charge in [-0.3, -0.25) is 9.59 Å². The molecule has 3 rings (SSSR count). The zero-order chi connectivity index (χ0) is 20.3. The topological polar surface area (TPSA) is 64.4 Å². The van der Waals surface area contributed by atoms with Crippen LogP contribution < -0.4 is 0 Å². The lowest BCUT2D eigenvalue weighted by Crippen LogP contribution is -2.40. The average Bonchev–Trinajstić information content (AvgIpc) is 3.01. The first kappa shape index (κ1) is 20.1. The van der Waals surface area contributed by atoms with Gasteiger partial charge in [0.05, 0.1) is 23.9 Å². The first-order valence-electron chi connectivity index (χ1n) is 10.1. The Morgan fingerprint density at radius 1 is 1.11 bits per heavy atom. The third-order valence-corrected chi connectivity index (χ3v) is 5.56. The molecule has 0 bridgehead atoms. The molecule has 2 heterocycles. The van der Waals surface area contributed by atoms with Gasteiger partial charge in [-0.15, -0.1) is 0 Å². The summed E-state index contributed by atoms with van der Waals surface area (Å²) in [4.78, 5) is 26.5. The number of nitrogens with zero attached hydrogens (tertiary/aromatic N) is 3. The Morgan fingerprint density at radius 3 is 2.29 bits per heavy atom. The van der Waals surface area contributed by atoms with Gasteiger partial charge in [-0.25, -0.2) is 4.68 Å². The van der Waals surface area contributed by atoms with E-state index in [4.69, 9.17) is 4.74 Å². The number of hydrogen-bond acceptors (Lipinski definition) is 4. The van der Waals surface area contributed by atoms with Crippen molar-refractivity contribution in [1.82, 2.24) is 14.7 Å². The molecule has 1 aromatic heterocycles. The fourth-order valence-electron chi connectivity index (χ4n) is 3.94. The minimum atomic E-state index is -0.143. The SMILES string of the molecule is CCOC(=O)C1CCN(C(=O)c2ccc(-n3nc(C)c(CC)c3C)cc2)CC1. The van der Waals surface area contributed by atoms with Gasteiger partial charge in [0.25, 0.3) is 5.91 Å². The van der Waals surface area contributed by atoms with Crippen LogP contribution in [0.5, 0.6) is 0 Å². The smallest absolute Gasteiger partial charge is 0.309 e. The molecule has 6 heteroatoms. The molecule has 0 radical (unpaired) electrons. The van der Waals surface area contributed by atoms with E-state index in [0.717, 1.165) is 23.5 Å². The van der Waals surface area contributed by atoms with Crippen molar-refractivity contribution in [3.8, 4) is 5.69 Å². The Kier molecular flexibility index (Phi) is 6.17. The number of amides is 1. The van der Waals surface area contributed by atoms with E-state index in [2.05, 4.69) is 18.9 Å². The van der Waals surface area contributed by atoms with Crippen molar-refractivity contribution in [2.75, 3.05) is 19.7 Å². The molecule has 6 nitrogen and oxygen atoms in total. The number of hydrogen-bond donors (Lipinski definition) is 0. The number of carbonyl (C=O) groups is 2. The normalized spacial score (nSPS) is 14.9. The van der Waals surface area contributed by atoms with Gasteiger partial charge in [0, 0.05) is 24.3 Å². The van der Waals surface area contributed by atoms with Crippen LogP contribution in [0.25, 0.3) is 5.69 Å². The van der Waals surface area contributed by atoms with Crippen LogP contribution in [-0.2, 0) is 16.0 Å². The van der Waals surface area contributed by atoms with Gasteiger partial charge in [-0.2, -0.15) is 5.10 Å². The molecule has 0 N–H and O–H groups in total. The highest BCUT2D eigenvalue weighted by molar-refractivity contribution is 5.94. The number of ether oxygens (including phenoxy) is 1. The summed E-state index contributed by atoms with van der Waals surface area (Å²) in [5.74, 6) is -0.225. The second-order valence-corrected chi connectivity index (χ2v) is 7.28. The van der Waals surface area contributed by atoms with E-state index in [1.807, 2.05) is 47.7 Å². The maximum atomic E-state index is 12.8. The summed E-state index contributed by atoms with van der Waals surface area (Å²) >= 11 is 0. The van der Waals surface area contributed by atoms with Crippen molar-refractivity contribution in [2.45, 2.75) is 47.0 Å². The van der Waals surface area contributed by atoms with Crippen molar-refractivity contribution in [1.29, 1.82) is 0 Å². The Labute approximate surface area is 166 Å². The number of benzene rings is 1. The molecule has 0 aliphatic carbocycles. The van der Waals surface area contributed by atoms with Crippen LogP contribution in [0.3, 0.4) is 0 Å². The Hall–Kier alpha value is -2.63. The van der Waals surface area contributed by atoms with E-state index < -0.39 is 0 Å². The summed E-state index contributed by atoms with van der Waals surface area (Å²) in [5, 5.41) is 4.63. The van der Waals surface area contributed by atoms with Crippen molar-refractivity contribution in [2.24, 2.45) is 5.92 Å². The summed E-state index contributed by atoms with van der Waals surface area (Å²) < 4.78 is 7.03. The molecule has 1 aliphatic heterocycles. The molecule has 0 atom stereocenters. The van der Waals surface area contributed by atoms with Crippen LogP contribution in [0.4, 0.5) is 0 Å². The second-order valence-electron chi connectivity index (χ2n) is 7.28. The lowest BCUT2D eigenvalue weighted by molar-refractivity contribution is -0.149. The van der Waals surface area contributed by atoms with E-state index in [0.29, 0.717) is 38.1 Å². The number of piperidine rings is 1. The van der Waals surface area contributed by atoms with Gasteiger partial charge < -0.3 is 9.64 Å². The predicted molar refractivity (Wildman–Crippen MR) is 108 cm³/mol. The Bertz CT molecular complexity index is 847. The zero-order valence-corrected chi connectivity index (χ0v) is 17.2. The quantitative estimate of drug-likeness (QED) is 0.742. The highest BCUT2D eigenvalue weighted by Crippen LogP contribution is 2.22. The van der Waals surface area contributed by atoms with Crippen molar-refractivity contribution in [3.05, 3.63) is 46.8 Å². The number of likely N-dealkylation sites (tertiary alicyclic amines) is 1. The summed E-state index contributed by atoms with van der Waals surface area (Å²) in [6, 6.07) is 7.60. The Balaban J connectivity index is 1.67. The van der Waals surface area contributed by atoms with Gasteiger partial charge in [-0.05, 0) is 69.9 Å². The van der Waals surface area contributed by atoms with Gasteiger partial charge >= 0.3 is 5.97 Å². The molecule has 1 aliphatic rings. The van der Waals surface area contributed by atoms with Gasteiger partial charge in [0.2, 0.25) is 0 Å². The van der Waals surface area contributed by atoms with E-state index in [9.17, 15) is 9.59 Å². The van der Waals surface area contributed by atoms with Crippen LogP contribution in [0.15, 0.2) is 24.3 Å². The first-order chi connectivity index (χ1) is 13.5. The van der Waals surface area contributed by atoms with E-state index in [1.54, 1.807) is 0 Å². The van der Waals surface area contributed by atoms with Crippen LogP contribution in [0.2, 0.25) is 0 Å². The monoisotopic (exact) mass is 383 g/mol. The average molecular weight is 383 g/mol. The molecular formula is C22H29N3O3. The fourth-order valence-corrected chi connectivity index (χ4v) is 3.94. The van der Waals surface area contributed by atoms with E-state index in [-0.39, 0.29) is 17.8 Å². The molecule has 1 amide bonds. The molecule has 1 saturated heterocycles. The van der Waals surface area contributed by atoms with Gasteiger partial charge in [-0.1, -0.05) is 6.92 Å². The van der Waals surface area contributed by atoms with E-state index in [1.165, 1.54) is 5.56 Å². The van der Waals surface area contributed by atoms with Crippen LogP contribution in [-0.4, -0.2) is 46.3 Å². The highest BCUT2D eigenvalue weighted by atomic mass is 16.5. The second kappa shape index (κ2) is 8.59. The highest BCUT2D eigenvalue weighted by Gasteiger charge is 2.28. The zero-order valence-electron chi connectivity index (χ0n) is 17.2. The maximum absolute atomic E-state index is 12.8. The molecular weight excluding hydrogens is 354 g/mol. The van der Waals surface area contributed by atoms with Crippen molar-refractivity contribution < 1.29 is 14.3 Å². The van der Waals surface area contributed by atoms with Gasteiger partial charge in [0.15, 0.2) is 0 Å². The number of aryl methyl sites for hydroxylation is 1. The predicted octanol–water partition coefficient (Wildman–Crippen LogP) is 3.47. The van der Waals surface area contributed by atoms with Crippen LogP contribution >= 0.6 is 0 Å². The minimum absolute atomic E-state index is 0.0106. The Morgan fingerprint density at radius 2 is 1.75 bits per heavy atom. The molecule has 1 aromatic carbocycles. The molecule has 0 spiro atoms. The van der Waals surface area contributed by atoms with Crippen molar-refractivity contribution >= 4 is 11.9 Å². The lowest BCUT2D eigenvalue weighted by Gasteiger charge is -2.31. The minimum Gasteiger partial charge on any atom is -0.466 e. The summed E-state index contributed by atoms with van der Waals surface area (Å²) in [7, 11) is 0. The molecule has 1 fully saturated rings. The molecule has 150 valence electrons. The summed E-state index contributed by atoms with van der Waals surface area (Å²) in [5.41, 5.74) is 5.07. The maximum Gasteiger partial charge on any atom is 0.309 e. The third kappa shape index (κ3) is 3.96. The number of esters is 1. The molecule has 0 saturated carbocycles. The standard InChI is InChI=1S/C22H29N3O3/c1-5-20-15(3)23-25(16(20)4)19-9-7-17(8-10-19)21(26)24-13-11-18(12-14-24)22(27)28-6-2/h7-10,18H,5-6,11-14H2,1-4H3. The lowest BCUT2D eigenvalue weighted by atomic mass is 9.96. The van der Waals surface area contributed by atoms with Crippen LogP contribution in [0, 0.1) is 19.8 Å². The fraction of sp³-hybridized carbons (Fsp3) is 0.500. The summed E-state index contributed by atoms with van der Waals surface area (Å²) in [6.45, 7) is 9.62.